The molecule has 0 bridgehead atoms. The van der Waals surface area contributed by atoms with Crippen molar-refractivity contribution in [3.63, 3.8) is 0 Å². The number of hydrogen-bond acceptors (Lipinski definition) is 4. The maximum atomic E-state index is 12.9. The minimum absolute atomic E-state index is 0.147. The molecular weight excluding hydrogens is 364 g/mol. The van der Waals surface area contributed by atoms with Crippen LogP contribution in [0.1, 0.15) is 22.7 Å². The van der Waals surface area contributed by atoms with Crippen LogP contribution in [0.15, 0.2) is 83.8 Å². The van der Waals surface area contributed by atoms with Gasteiger partial charge in [-0.2, -0.15) is 4.72 Å². The minimum atomic E-state index is -3.98. The number of hydrogen-bond donors (Lipinski definition) is 1. The van der Waals surface area contributed by atoms with Gasteiger partial charge < -0.3 is 0 Å². The third-order valence-electron chi connectivity index (χ3n) is 4.24. The highest BCUT2D eigenvalue weighted by atomic mass is 32.2. The second kappa shape index (κ2) is 7.69. The molecule has 3 aromatic carbocycles. The minimum Gasteiger partial charge on any atom is -0.258 e. The highest BCUT2D eigenvalue weighted by molar-refractivity contribution is 7.89. The number of non-ortho nitro benzene ring substituents is 1. The van der Waals surface area contributed by atoms with Gasteiger partial charge in [0.2, 0.25) is 10.0 Å². The van der Waals surface area contributed by atoms with E-state index >= 15 is 0 Å². The van der Waals surface area contributed by atoms with Crippen LogP contribution in [0, 0.1) is 17.0 Å². The maximum absolute atomic E-state index is 12.9. The zero-order valence-corrected chi connectivity index (χ0v) is 15.4. The molecule has 6 nitrogen and oxygen atoms in total. The zero-order valence-electron chi connectivity index (χ0n) is 14.6. The smallest absolute Gasteiger partial charge is 0.258 e. The molecule has 0 aliphatic heterocycles. The monoisotopic (exact) mass is 382 g/mol. The van der Waals surface area contributed by atoms with Crippen LogP contribution in [0.25, 0.3) is 0 Å². The molecule has 0 aliphatic rings. The van der Waals surface area contributed by atoms with Crippen LogP contribution in [0.4, 0.5) is 5.69 Å². The van der Waals surface area contributed by atoms with Gasteiger partial charge in [0.25, 0.3) is 5.69 Å². The van der Waals surface area contributed by atoms with E-state index in [1.165, 1.54) is 18.2 Å². The second-order valence-electron chi connectivity index (χ2n) is 6.08. The van der Waals surface area contributed by atoms with Gasteiger partial charge in [0.05, 0.1) is 15.9 Å². The number of nitro groups is 1. The lowest BCUT2D eigenvalue weighted by atomic mass is 9.96. The van der Waals surface area contributed by atoms with Crippen molar-refractivity contribution < 1.29 is 13.3 Å². The van der Waals surface area contributed by atoms with Crippen molar-refractivity contribution in [2.24, 2.45) is 0 Å². The SMILES string of the molecule is Cc1ccccc1[C@@H](NS(=O)(=O)c1cccc([N+](=O)[O-])c1)c1ccccc1. The van der Waals surface area contributed by atoms with E-state index in [0.29, 0.717) is 0 Å². The predicted octanol–water partition coefficient (Wildman–Crippen LogP) is 3.97. The van der Waals surface area contributed by atoms with Crippen molar-refractivity contribution in [2.75, 3.05) is 0 Å². The molecule has 138 valence electrons. The van der Waals surface area contributed by atoms with Crippen molar-refractivity contribution in [2.45, 2.75) is 17.9 Å². The maximum Gasteiger partial charge on any atom is 0.270 e. The molecule has 0 heterocycles. The number of nitrogens with one attached hydrogen (secondary N) is 1. The van der Waals surface area contributed by atoms with Crippen molar-refractivity contribution >= 4 is 15.7 Å². The van der Waals surface area contributed by atoms with Crippen LogP contribution in [0.2, 0.25) is 0 Å². The fraction of sp³-hybridized carbons (Fsp3) is 0.100. The molecule has 27 heavy (non-hydrogen) atoms. The van der Waals surface area contributed by atoms with Crippen molar-refractivity contribution in [1.29, 1.82) is 0 Å². The fourth-order valence-corrected chi connectivity index (χ4v) is 4.10. The lowest BCUT2D eigenvalue weighted by molar-refractivity contribution is -0.385. The van der Waals surface area contributed by atoms with Crippen LogP contribution < -0.4 is 4.72 Å². The Kier molecular flexibility index (Phi) is 5.34. The normalized spacial score (nSPS) is 12.5. The Morgan fingerprint density at radius 1 is 0.926 bits per heavy atom. The largest absolute Gasteiger partial charge is 0.270 e. The number of benzene rings is 3. The number of nitrogens with zero attached hydrogens (tertiary/aromatic N) is 1. The van der Waals surface area contributed by atoms with Gasteiger partial charge in [0, 0.05) is 12.1 Å². The summed E-state index contributed by atoms with van der Waals surface area (Å²) in [6.45, 7) is 1.91. The molecule has 0 spiro atoms. The van der Waals surface area contributed by atoms with E-state index in [2.05, 4.69) is 4.72 Å². The summed E-state index contributed by atoms with van der Waals surface area (Å²) in [5.41, 5.74) is 2.26. The van der Waals surface area contributed by atoms with E-state index in [4.69, 9.17) is 0 Å². The summed E-state index contributed by atoms with van der Waals surface area (Å²) >= 11 is 0. The van der Waals surface area contributed by atoms with Crippen LogP contribution in [0.3, 0.4) is 0 Å². The lowest BCUT2D eigenvalue weighted by Crippen LogP contribution is -2.30. The molecule has 0 unspecified atom stereocenters. The third kappa shape index (κ3) is 4.21. The molecule has 1 N–H and O–H groups in total. The summed E-state index contributed by atoms with van der Waals surface area (Å²) in [5, 5.41) is 11.0. The zero-order chi connectivity index (χ0) is 19.4. The van der Waals surface area contributed by atoms with Gasteiger partial charge in [-0.25, -0.2) is 8.42 Å². The highest BCUT2D eigenvalue weighted by Gasteiger charge is 2.25. The average molecular weight is 382 g/mol. The van der Waals surface area contributed by atoms with Gasteiger partial charge >= 0.3 is 0 Å². The van der Waals surface area contributed by atoms with E-state index in [1.54, 1.807) is 0 Å². The molecule has 7 heteroatoms. The Balaban J connectivity index is 2.05. The summed E-state index contributed by atoms with van der Waals surface area (Å²) in [4.78, 5) is 10.2. The van der Waals surface area contributed by atoms with Gasteiger partial charge in [0.15, 0.2) is 0 Å². The Labute approximate surface area is 157 Å². The summed E-state index contributed by atoms with van der Waals surface area (Å²) in [6.07, 6.45) is 0. The van der Waals surface area contributed by atoms with Gasteiger partial charge in [-0.15, -0.1) is 0 Å². The van der Waals surface area contributed by atoms with E-state index in [-0.39, 0.29) is 10.6 Å². The Morgan fingerprint density at radius 2 is 1.59 bits per heavy atom. The first kappa shape index (κ1) is 18.8. The fourth-order valence-electron chi connectivity index (χ4n) is 2.85. The molecule has 3 aromatic rings. The molecule has 0 aromatic heterocycles. The van der Waals surface area contributed by atoms with E-state index < -0.39 is 21.0 Å². The number of sulfonamides is 1. The standard InChI is InChI=1S/C20H18N2O4S/c1-15-8-5-6-13-19(15)20(16-9-3-2-4-10-16)21-27(25,26)18-12-7-11-17(14-18)22(23)24/h2-14,20-21H,1H3/t20-/m0/s1. The summed E-state index contributed by atoms with van der Waals surface area (Å²) in [5.74, 6) is 0. The first-order valence-corrected chi connectivity index (χ1v) is 9.74. The molecule has 0 fully saturated rings. The molecule has 0 saturated carbocycles. The van der Waals surface area contributed by atoms with Crippen molar-refractivity contribution in [1.82, 2.24) is 4.72 Å². The van der Waals surface area contributed by atoms with Gasteiger partial charge in [-0.3, -0.25) is 10.1 Å². The third-order valence-corrected chi connectivity index (χ3v) is 5.66. The average Bonchev–Trinajstić information content (AvgIpc) is 2.67. The Bertz CT molecular complexity index is 1070. The molecule has 1 atom stereocenters. The number of nitro benzene ring substituents is 1. The van der Waals surface area contributed by atoms with Gasteiger partial charge in [0.1, 0.15) is 0 Å². The van der Waals surface area contributed by atoms with Crippen LogP contribution >= 0.6 is 0 Å². The summed E-state index contributed by atoms with van der Waals surface area (Å²) in [6, 6.07) is 21.1. The summed E-state index contributed by atoms with van der Waals surface area (Å²) in [7, 11) is -3.98. The van der Waals surface area contributed by atoms with Gasteiger partial charge in [-0.05, 0) is 29.7 Å². The quantitative estimate of drug-likeness (QED) is 0.516. The van der Waals surface area contributed by atoms with Crippen molar-refractivity contribution in [3.05, 3.63) is 106 Å². The van der Waals surface area contributed by atoms with Crippen LogP contribution in [-0.2, 0) is 10.0 Å². The molecule has 0 radical (unpaired) electrons. The Morgan fingerprint density at radius 3 is 2.26 bits per heavy atom. The topological polar surface area (TPSA) is 89.3 Å². The number of aryl methyl sites for hydroxylation is 1. The molecule has 3 rings (SSSR count). The molecule has 0 amide bonds. The van der Waals surface area contributed by atoms with E-state index in [0.717, 1.165) is 22.8 Å². The highest BCUT2D eigenvalue weighted by Crippen LogP contribution is 2.27. The molecular formula is C20H18N2O4S. The first-order chi connectivity index (χ1) is 12.9. The summed E-state index contributed by atoms with van der Waals surface area (Å²) < 4.78 is 28.6. The number of rotatable bonds is 6. The Hall–Kier alpha value is -3.03. The van der Waals surface area contributed by atoms with Crippen LogP contribution in [0.5, 0.6) is 0 Å². The van der Waals surface area contributed by atoms with Crippen LogP contribution in [-0.4, -0.2) is 13.3 Å². The van der Waals surface area contributed by atoms with Gasteiger partial charge in [-0.1, -0.05) is 60.7 Å². The van der Waals surface area contributed by atoms with E-state index in [1.807, 2.05) is 61.5 Å². The molecule has 0 aliphatic carbocycles. The first-order valence-electron chi connectivity index (χ1n) is 8.26. The second-order valence-corrected chi connectivity index (χ2v) is 7.79. The predicted molar refractivity (Wildman–Crippen MR) is 103 cm³/mol. The van der Waals surface area contributed by atoms with Crippen molar-refractivity contribution in [3.8, 4) is 0 Å². The molecule has 0 saturated heterocycles. The lowest BCUT2D eigenvalue weighted by Gasteiger charge is -2.21. The van der Waals surface area contributed by atoms with E-state index in [9.17, 15) is 18.5 Å².